The Labute approximate surface area is 90.1 Å². The van der Waals surface area contributed by atoms with Crippen molar-refractivity contribution in [2.45, 2.75) is 32.2 Å². The maximum absolute atomic E-state index is 11.4. The van der Waals surface area contributed by atoms with Crippen LogP contribution in [0.5, 0.6) is 0 Å². The van der Waals surface area contributed by atoms with E-state index in [1.54, 1.807) is 6.92 Å². The number of rotatable bonds is 2. The van der Waals surface area contributed by atoms with E-state index in [4.69, 9.17) is 0 Å². The Bertz CT molecular complexity index is 498. The van der Waals surface area contributed by atoms with Gasteiger partial charge in [-0.1, -0.05) is 6.42 Å². The van der Waals surface area contributed by atoms with Gasteiger partial charge in [0.25, 0.3) is 0 Å². The van der Waals surface area contributed by atoms with Crippen molar-refractivity contribution < 1.29 is 9.90 Å². The van der Waals surface area contributed by atoms with Crippen LogP contribution in [0.15, 0.2) is 9.59 Å². The van der Waals surface area contributed by atoms with E-state index in [0.29, 0.717) is 19.3 Å². The van der Waals surface area contributed by atoms with Gasteiger partial charge in [-0.3, -0.25) is 4.79 Å². The molecule has 1 aliphatic rings. The topological polar surface area (TPSA) is 108 Å². The van der Waals surface area contributed by atoms with Crippen molar-refractivity contribution in [1.29, 1.82) is 0 Å². The average molecular weight is 227 g/mol. The largest absolute Gasteiger partial charge is 0.481 e. The summed E-state index contributed by atoms with van der Waals surface area (Å²) in [4.78, 5) is 34.1. The molecule has 3 N–H and O–H groups in total. The molecular formula is C9H13N3O4. The summed E-state index contributed by atoms with van der Waals surface area (Å²) in [5.74, 6) is -0.970. The van der Waals surface area contributed by atoms with Crippen LogP contribution in [0.25, 0.3) is 0 Å². The van der Waals surface area contributed by atoms with Gasteiger partial charge in [-0.05, 0) is 19.8 Å². The molecule has 1 saturated carbocycles. The molecule has 1 aromatic rings. The summed E-state index contributed by atoms with van der Waals surface area (Å²) >= 11 is 0. The summed E-state index contributed by atoms with van der Waals surface area (Å²) < 4.78 is 0.973. The first-order chi connectivity index (χ1) is 7.47. The SMILES string of the molecule is CC1(C(=O)O)CCCC1n1c(=O)[nH][nH]c1=O. The van der Waals surface area contributed by atoms with Gasteiger partial charge in [0.05, 0.1) is 11.5 Å². The molecule has 0 spiro atoms. The van der Waals surface area contributed by atoms with Crippen LogP contribution in [0.4, 0.5) is 0 Å². The van der Waals surface area contributed by atoms with E-state index in [2.05, 4.69) is 10.2 Å². The minimum absolute atomic E-state index is 0.476. The standard InChI is InChI=1S/C9H13N3O4/c1-9(6(13)14)4-2-3-5(9)12-7(15)10-11-8(12)16/h5H,2-4H2,1H3,(H,10,15)(H,11,16)(H,13,14). The van der Waals surface area contributed by atoms with Gasteiger partial charge in [0, 0.05) is 0 Å². The van der Waals surface area contributed by atoms with Crippen LogP contribution in [0.1, 0.15) is 32.2 Å². The first kappa shape index (κ1) is 10.7. The zero-order valence-electron chi connectivity index (χ0n) is 8.82. The minimum Gasteiger partial charge on any atom is -0.481 e. The predicted molar refractivity (Wildman–Crippen MR) is 54.3 cm³/mol. The molecule has 0 aromatic carbocycles. The highest BCUT2D eigenvalue weighted by Gasteiger charge is 2.47. The van der Waals surface area contributed by atoms with Crippen molar-refractivity contribution in [1.82, 2.24) is 14.8 Å². The third-order valence-electron chi connectivity index (χ3n) is 3.42. The van der Waals surface area contributed by atoms with Crippen LogP contribution < -0.4 is 11.4 Å². The van der Waals surface area contributed by atoms with Gasteiger partial charge in [-0.25, -0.2) is 24.4 Å². The molecule has 2 atom stereocenters. The zero-order valence-corrected chi connectivity index (χ0v) is 8.82. The van der Waals surface area contributed by atoms with E-state index in [1.165, 1.54) is 0 Å². The molecule has 1 aliphatic carbocycles. The lowest BCUT2D eigenvalue weighted by Crippen LogP contribution is -2.41. The molecule has 0 radical (unpaired) electrons. The molecule has 88 valence electrons. The van der Waals surface area contributed by atoms with E-state index in [9.17, 15) is 19.5 Å². The number of nitrogens with one attached hydrogen (secondary N) is 2. The van der Waals surface area contributed by atoms with Crippen LogP contribution in [-0.4, -0.2) is 25.8 Å². The molecule has 2 unspecified atom stereocenters. The Kier molecular flexibility index (Phi) is 2.25. The van der Waals surface area contributed by atoms with Gasteiger partial charge >= 0.3 is 17.3 Å². The highest BCUT2D eigenvalue weighted by Crippen LogP contribution is 2.45. The summed E-state index contributed by atoms with van der Waals surface area (Å²) in [5.41, 5.74) is -2.20. The number of aromatic nitrogens is 3. The van der Waals surface area contributed by atoms with Gasteiger partial charge in [0.2, 0.25) is 0 Å². The fourth-order valence-electron chi connectivity index (χ4n) is 2.41. The van der Waals surface area contributed by atoms with E-state index >= 15 is 0 Å². The second-order valence-corrected chi connectivity index (χ2v) is 4.36. The number of carboxylic acids is 1. The Morgan fingerprint density at radius 3 is 2.50 bits per heavy atom. The number of H-pyrrole nitrogens is 2. The summed E-state index contributed by atoms with van der Waals surface area (Å²) in [6, 6.07) is -0.576. The molecule has 0 aliphatic heterocycles. The number of hydrogen-bond acceptors (Lipinski definition) is 3. The van der Waals surface area contributed by atoms with Crippen molar-refractivity contribution in [3.63, 3.8) is 0 Å². The average Bonchev–Trinajstić information content (AvgIpc) is 2.72. The molecule has 7 nitrogen and oxygen atoms in total. The second-order valence-electron chi connectivity index (χ2n) is 4.36. The summed E-state index contributed by atoms with van der Waals surface area (Å²) in [6.45, 7) is 1.58. The fraction of sp³-hybridized carbons (Fsp3) is 0.667. The quantitative estimate of drug-likeness (QED) is 0.643. The first-order valence-corrected chi connectivity index (χ1v) is 5.09. The summed E-state index contributed by atoms with van der Waals surface area (Å²) in [6.07, 6.45) is 1.71. The Hall–Kier alpha value is -1.79. The Morgan fingerprint density at radius 1 is 1.44 bits per heavy atom. The van der Waals surface area contributed by atoms with Crippen LogP contribution >= 0.6 is 0 Å². The molecule has 16 heavy (non-hydrogen) atoms. The zero-order chi connectivity index (χ0) is 11.9. The fourth-order valence-corrected chi connectivity index (χ4v) is 2.41. The highest BCUT2D eigenvalue weighted by molar-refractivity contribution is 5.75. The number of aliphatic carboxylic acids is 1. The summed E-state index contributed by atoms with van der Waals surface area (Å²) in [7, 11) is 0. The van der Waals surface area contributed by atoms with Gasteiger partial charge in [-0.2, -0.15) is 0 Å². The third kappa shape index (κ3) is 1.31. The normalized spacial score (nSPS) is 29.4. The van der Waals surface area contributed by atoms with Crippen molar-refractivity contribution in [3.8, 4) is 0 Å². The number of aromatic amines is 2. The third-order valence-corrected chi connectivity index (χ3v) is 3.42. The van der Waals surface area contributed by atoms with Crippen LogP contribution in [0, 0.1) is 5.41 Å². The van der Waals surface area contributed by atoms with Crippen molar-refractivity contribution in [3.05, 3.63) is 21.0 Å². The molecule has 0 amide bonds. The molecule has 0 saturated heterocycles. The number of carbonyl (C=O) groups is 1. The summed E-state index contributed by atoms with van der Waals surface area (Å²) in [5, 5.41) is 13.5. The first-order valence-electron chi connectivity index (χ1n) is 5.09. The highest BCUT2D eigenvalue weighted by atomic mass is 16.4. The van der Waals surface area contributed by atoms with E-state index < -0.39 is 28.8 Å². The monoisotopic (exact) mass is 227 g/mol. The molecule has 7 heteroatoms. The van der Waals surface area contributed by atoms with E-state index in [-0.39, 0.29) is 0 Å². The predicted octanol–water partition coefficient (Wildman–Crippen LogP) is -0.319. The maximum atomic E-state index is 11.4. The van der Waals surface area contributed by atoms with Gasteiger partial charge < -0.3 is 5.11 Å². The van der Waals surface area contributed by atoms with Crippen molar-refractivity contribution >= 4 is 5.97 Å². The Balaban J connectivity index is 2.53. The molecule has 1 heterocycles. The molecule has 2 rings (SSSR count). The molecule has 1 fully saturated rings. The molecular weight excluding hydrogens is 214 g/mol. The lowest BCUT2D eigenvalue weighted by molar-refractivity contribution is -0.149. The van der Waals surface area contributed by atoms with Crippen LogP contribution in [0.3, 0.4) is 0 Å². The smallest absolute Gasteiger partial charge is 0.344 e. The number of nitrogens with zero attached hydrogens (tertiary/aromatic N) is 1. The van der Waals surface area contributed by atoms with E-state index in [1.807, 2.05) is 0 Å². The minimum atomic E-state index is -1.04. The molecule has 0 bridgehead atoms. The van der Waals surface area contributed by atoms with E-state index in [0.717, 1.165) is 4.57 Å². The molecule has 1 aromatic heterocycles. The lowest BCUT2D eigenvalue weighted by Gasteiger charge is -2.26. The van der Waals surface area contributed by atoms with Gasteiger partial charge in [0.1, 0.15) is 0 Å². The second kappa shape index (κ2) is 3.36. The van der Waals surface area contributed by atoms with Gasteiger partial charge in [-0.15, -0.1) is 0 Å². The van der Waals surface area contributed by atoms with Crippen LogP contribution in [-0.2, 0) is 4.79 Å². The lowest BCUT2D eigenvalue weighted by atomic mass is 9.85. The van der Waals surface area contributed by atoms with Crippen LogP contribution in [0.2, 0.25) is 0 Å². The number of hydrogen-bond donors (Lipinski definition) is 3. The Morgan fingerprint density at radius 2 is 2.00 bits per heavy atom. The number of carboxylic acid groups (broad SMARTS) is 1. The van der Waals surface area contributed by atoms with Gasteiger partial charge in [0.15, 0.2) is 0 Å². The van der Waals surface area contributed by atoms with Crippen molar-refractivity contribution in [2.24, 2.45) is 5.41 Å². The maximum Gasteiger partial charge on any atom is 0.344 e. The van der Waals surface area contributed by atoms with Crippen molar-refractivity contribution in [2.75, 3.05) is 0 Å².